The van der Waals surface area contributed by atoms with E-state index in [0.29, 0.717) is 0 Å². The highest BCUT2D eigenvalue weighted by Crippen LogP contribution is 2.33. The predicted molar refractivity (Wildman–Crippen MR) is 68.9 cm³/mol. The van der Waals surface area contributed by atoms with Crippen molar-refractivity contribution in [2.24, 2.45) is 0 Å². The van der Waals surface area contributed by atoms with Crippen LogP contribution in [0.15, 0.2) is 54.5 Å². The van der Waals surface area contributed by atoms with E-state index in [1.807, 2.05) is 29.6 Å². The van der Waals surface area contributed by atoms with Crippen LogP contribution in [0, 0.1) is 0 Å². The maximum absolute atomic E-state index is 4.96. The number of fused-ring (bicyclic) bond motifs is 3. The normalized spacial score (nSPS) is 16.9. The molecule has 0 unspecified atom stereocenters. The smallest absolute Gasteiger partial charge is 0.0978 e. The van der Waals surface area contributed by atoms with E-state index < -0.39 is 0 Å². The maximum atomic E-state index is 4.96. The third-order valence-electron chi connectivity index (χ3n) is 2.79. The Morgan fingerprint density at radius 3 is 2.62 bits per heavy atom. The van der Waals surface area contributed by atoms with E-state index in [-0.39, 0.29) is 0 Å². The molecular weight excluding hydrogens is 216 g/mol. The van der Waals surface area contributed by atoms with E-state index >= 15 is 0 Å². The summed E-state index contributed by atoms with van der Waals surface area (Å²) < 4.78 is 0. The quantitative estimate of drug-likeness (QED) is 0.628. The van der Waals surface area contributed by atoms with Gasteiger partial charge in [-0.05, 0) is 41.0 Å². The van der Waals surface area contributed by atoms with Gasteiger partial charge < -0.3 is 0 Å². The number of anilines is 1. The summed E-state index contributed by atoms with van der Waals surface area (Å²) in [6, 6.07) is 8.35. The SMILES string of the molecule is S=C=C1Cc2ccccc2N2C=CC=CN12. The van der Waals surface area contributed by atoms with Crippen LogP contribution >= 0.6 is 12.2 Å². The fraction of sp³-hybridized carbons (Fsp3) is 0.0769. The van der Waals surface area contributed by atoms with Crippen molar-refractivity contribution in [1.82, 2.24) is 5.01 Å². The second-order valence-electron chi connectivity index (χ2n) is 3.73. The van der Waals surface area contributed by atoms with E-state index in [1.54, 1.807) is 0 Å². The van der Waals surface area contributed by atoms with Crippen molar-refractivity contribution in [2.45, 2.75) is 6.42 Å². The van der Waals surface area contributed by atoms with E-state index in [0.717, 1.165) is 12.1 Å². The Balaban J connectivity index is 2.19. The first kappa shape index (κ1) is 9.40. The molecule has 2 nitrogen and oxygen atoms in total. The lowest BCUT2D eigenvalue weighted by atomic mass is 10.0. The van der Waals surface area contributed by atoms with Crippen molar-refractivity contribution in [3.63, 3.8) is 0 Å². The van der Waals surface area contributed by atoms with Crippen LogP contribution in [0.2, 0.25) is 0 Å². The molecule has 1 aromatic rings. The molecule has 1 aromatic carbocycles. The number of benzene rings is 1. The Kier molecular flexibility index (Phi) is 2.13. The number of hydrogen-bond donors (Lipinski definition) is 0. The van der Waals surface area contributed by atoms with Crippen LogP contribution in [0.3, 0.4) is 0 Å². The Hall–Kier alpha value is -1.83. The molecule has 2 aliphatic rings. The second-order valence-corrected chi connectivity index (χ2v) is 3.93. The van der Waals surface area contributed by atoms with Gasteiger partial charge in [-0.3, -0.25) is 10.0 Å². The highest BCUT2D eigenvalue weighted by Gasteiger charge is 2.25. The molecule has 0 N–H and O–H groups in total. The third-order valence-corrected chi connectivity index (χ3v) is 3.02. The summed E-state index contributed by atoms with van der Waals surface area (Å²) >= 11 is 4.96. The molecule has 0 atom stereocenters. The van der Waals surface area contributed by atoms with Gasteiger partial charge in [0.1, 0.15) is 0 Å². The Labute approximate surface area is 99.8 Å². The van der Waals surface area contributed by atoms with E-state index in [9.17, 15) is 0 Å². The van der Waals surface area contributed by atoms with Gasteiger partial charge in [-0.25, -0.2) is 0 Å². The first-order chi connectivity index (χ1) is 7.90. The number of hydrogen-bond acceptors (Lipinski definition) is 3. The fourth-order valence-corrected chi connectivity index (χ4v) is 2.22. The molecular formula is C13H10N2S. The molecule has 0 aromatic heterocycles. The van der Waals surface area contributed by atoms with Crippen molar-refractivity contribution in [3.05, 3.63) is 60.1 Å². The van der Waals surface area contributed by atoms with E-state index in [1.165, 1.54) is 11.3 Å². The predicted octanol–water partition coefficient (Wildman–Crippen LogP) is 2.79. The van der Waals surface area contributed by atoms with E-state index in [4.69, 9.17) is 12.2 Å². The monoisotopic (exact) mass is 226 g/mol. The minimum atomic E-state index is 0.842. The molecule has 0 aliphatic carbocycles. The highest BCUT2D eigenvalue weighted by molar-refractivity contribution is 7.78. The Bertz CT molecular complexity index is 539. The van der Waals surface area contributed by atoms with Crippen LogP contribution in [-0.4, -0.2) is 10.0 Å². The first-order valence-electron chi connectivity index (χ1n) is 5.15. The summed E-state index contributed by atoms with van der Waals surface area (Å²) in [4.78, 5) is 0. The summed E-state index contributed by atoms with van der Waals surface area (Å²) in [6.07, 6.45) is 8.89. The second kappa shape index (κ2) is 3.63. The van der Waals surface area contributed by atoms with Crippen LogP contribution in [0.5, 0.6) is 0 Å². The minimum Gasteiger partial charge on any atom is -0.256 e. The van der Waals surface area contributed by atoms with Gasteiger partial charge in [0.15, 0.2) is 0 Å². The molecule has 78 valence electrons. The first-order valence-corrected chi connectivity index (χ1v) is 5.56. The topological polar surface area (TPSA) is 6.48 Å². The van der Waals surface area contributed by atoms with Crippen molar-refractivity contribution < 1.29 is 0 Å². The molecule has 3 rings (SSSR count). The summed E-state index contributed by atoms with van der Waals surface area (Å²) in [5.41, 5.74) is 3.50. The molecule has 0 radical (unpaired) electrons. The number of thiocarbonyl (C=S) groups is 1. The van der Waals surface area contributed by atoms with Crippen LogP contribution in [0.25, 0.3) is 0 Å². The van der Waals surface area contributed by atoms with Crippen molar-refractivity contribution in [3.8, 4) is 0 Å². The zero-order valence-corrected chi connectivity index (χ0v) is 9.45. The highest BCUT2D eigenvalue weighted by atomic mass is 32.1. The largest absolute Gasteiger partial charge is 0.256 e. The van der Waals surface area contributed by atoms with Crippen molar-refractivity contribution in [2.75, 3.05) is 5.01 Å². The molecule has 0 bridgehead atoms. The summed E-state index contributed by atoms with van der Waals surface area (Å²) in [6.45, 7) is 0. The van der Waals surface area contributed by atoms with Gasteiger partial charge in [-0.2, -0.15) is 0 Å². The number of rotatable bonds is 0. The number of para-hydroxylation sites is 1. The Morgan fingerprint density at radius 2 is 1.81 bits per heavy atom. The molecule has 0 spiro atoms. The molecule has 2 aliphatic heterocycles. The average molecular weight is 226 g/mol. The molecule has 16 heavy (non-hydrogen) atoms. The molecule has 0 fully saturated rings. The van der Waals surface area contributed by atoms with Crippen LogP contribution < -0.4 is 5.01 Å². The van der Waals surface area contributed by atoms with Gasteiger partial charge in [0.05, 0.1) is 11.4 Å². The number of hydrazine groups is 1. The van der Waals surface area contributed by atoms with Gasteiger partial charge in [0, 0.05) is 18.8 Å². The molecule has 0 saturated carbocycles. The molecule has 3 heteroatoms. The molecule has 0 saturated heterocycles. The summed E-state index contributed by atoms with van der Waals surface area (Å²) in [5, 5.41) is 6.97. The maximum Gasteiger partial charge on any atom is 0.0978 e. The van der Waals surface area contributed by atoms with Crippen LogP contribution in [0.4, 0.5) is 5.69 Å². The average Bonchev–Trinajstić information content (AvgIpc) is 2.38. The van der Waals surface area contributed by atoms with Gasteiger partial charge in [0.25, 0.3) is 0 Å². The zero-order valence-electron chi connectivity index (χ0n) is 8.63. The number of allylic oxidation sites excluding steroid dienone is 3. The van der Waals surface area contributed by atoms with E-state index in [2.05, 4.69) is 34.3 Å². The van der Waals surface area contributed by atoms with Crippen LogP contribution in [0.1, 0.15) is 5.56 Å². The Morgan fingerprint density at radius 1 is 1.06 bits per heavy atom. The van der Waals surface area contributed by atoms with Crippen LogP contribution in [-0.2, 0) is 6.42 Å². The lowest BCUT2D eigenvalue weighted by Crippen LogP contribution is -2.40. The summed E-state index contributed by atoms with van der Waals surface area (Å²) in [7, 11) is 0. The van der Waals surface area contributed by atoms with Crippen molar-refractivity contribution in [1.29, 1.82) is 0 Å². The fourth-order valence-electron chi connectivity index (χ4n) is 2.05. The lowest BCUT2D eigenvalue weighted by Gasteiger charge is -2.40. The van der Waals surface area contributed by atoms with Gasteiger partial charge in [0.2, 0.25) is 0 Å². The summed E-state index contributed by atoms with van der Waals surface area (Å²) in [5.74, 6) is 0. The zero-order chi connectivity index (χ0) is 11.0. The third kappa shape index (κ3) is 1.30. The standard InChI is InChI=1S/C13H10N2S/c16-10-12-9-11-5-1-2-6-13(11)15-8-4-3-7-14(12)15/h1-8H,9H2. The molecule has 0 amide bonds. The number of nitrogens with zero attached hydrogens (tertiary/aromatic N) is 2. The minimum absolute atomic E-state index is 0.842. The molecule has 2 heterocycles. The lowest BCUT2D eigenvalue weighted by molar-refractivity contribution is 0.445. The van der Waals surface area contributed by atoms with Gasteiger partial charge in [-0.15, -0.1) is 0 Å². The van der Waals surface area contributed by atoms with Gasteiger partial charge >= 0.3 is 0 Å². The van der Waals surface area contributed by atoms with Crippen molar-refractivity contribution >= 4 is 22.9 Å². The van der Waals surface area contributed by atoms with Gasteiger partial charge in [-0.1, -0.05) is 18.2 Å².